The Balaban J connectivity index is 2.20. The van der Waals surface area contributed by atoms with Crippen molar-refractivity contribution in [3.8, 4) is 0 Å². The van der Waals surface area contributed by atoms with Crippen LogP contribution in [0.25, 0.3) is 0 Å². The predicted octanol–water partition coefficient (Wildman–Crippen LogP) is 4.37. The first kappa shape index (κ1) is 12.9. The molecule has 0 spiro atoms. The zero-order valence-electron chi connectivity index (χ0n) is 12.0. The van der Waals surface area contributed by atoms with Crippen LogP contribution in [0.15, 0.2) is 11.6 Å². The molecule has 2 aliphatic rings. The topological polar surface area (TPSA) is 17.1 Å². The van der Waals surface area contributed by atoms with Gasteiger partial charge in [0.15, 0.2) is 5.78 Å². The Morgan fingerprint density at radius 1 is 1.35 bits per heavy atom. The first-order valence-electron chi connectivity index (χ1n) is 7.05. The SMILES string of the molecule is CC(C)CC/C=C1\C(=O)[C@]2(C)CC[C@H]1C2(C)C. The molecule has 2 saturated carbocycles. The molecule has 0 heterocycles. The molecule has 0 aliphatic heterocycles. The minimum Gasteiger partial charge on any atom is -0.294 e. The summed E-state index contributed by atoms with van der Waals surface area (Å²) in [5.41, 5.74) is 1.25. The summed E-state index contributed by atoms with van der Waals surface area (Å²) in [5, 5.41) is 0. The number of rotatable bonds is 3. The van der Waals surface area contributed by atoms with Crippen LogP contribution in [-0.4, -0.2) is 5.78 Å². The molecule has 2 rings (SSSR count). The van der Waals surface area contributed by atoms with Crippen molar-refractivity contribution in [2.75, 3.05) is 0 Å². The van der Waals surface area contributed by atoms with Crippen LogP contribution < -0.4 is 0 Å². The highest BCUT2D eigenvalue weighted by Crippen LogP contribution is 2.65. The van der Waals surface area contributed by atoms with Crippen LogP contribution in [0.4, 0.5) is 0 Å². The Morgan fingerprint density at radius 2 is 2.00 bits per heavy atom. The van der Waals surface area contributed by atoms with E-state index in [0.29, 0.717) is 11.7 Å². The molecule has 2 atom stereocenters. The van der Waals surface area contributed by atoms with E-state index < -0.39 is 0 Å². The van der Waals surface area contributed by atoms with Crippen LogP contribution in [0.3, 0.4) is 0 Å². The largest absolute Gasteiger partial charge is 0.294 e. The van der Waals surface area contributed by atoms with Gasteiger partial charge in [0.1, 0.15) is 0 Å². The molecule has 1 nitrogen and oxygen atoms in total. The van der Waals surface area contributed by atoms with Gasteiger partial charge in [0.05, 0.1) is 0 Å². The van der Waals surface area contributed by atoms with E-state index in [1.54, 1.807) is 0 Å². The lowest BCUT2D eigenvalue weighted by Crippen LogP contribution is -2.32. The number of hydrogen-bond donors (Lipinski definition) is 0. The minimum absolute atomic E-state index is 0.0820. The molecule has 2 bridgehead atoms. The van der Waals surface area contributed by atoms with Crippen LogP contribution in [0.2, 0.25) is 0 Å². The van der Waals surface area contributed by atoms with Crippen molar-refractivity contribution < 1.29 is 4.79 Å². The highest BCUT2D eigenvalue weighted by atomic mass is 16.1. The fourth-order valence-electron chi connectivity index (χ4n) is 3.73. The van der Waals surface area contributed by atoms with E-state index in [0.717, 1.165) is 24.3 Å². The summed E-state index contributed by atoms with van der Waals surface area (Å²) >= 11 is 0. The lowest BCUT2D eigenvalue weighted by atomic mass is 9.70. The second-order valence-corrected chi connectivity index (χ2v) is 7.10. The molecule has 0 saturated heterocycles. The molecular formula is C16H26O. The maximum Gasteiger partial charge on any atom is 0.165 e. The van der Waals surface area contributed by atoms with Gasteiger partial charge in [0, 0.05) is 5.41 Å². The molecule has 1 heteroatoms. The third-order valence-electron chi connectivity index (χ3n) is 5.47. The summed E-state index contributed by atoms with van der Waals surface area (Å²) < 4.78 is 0. The van der Waals surface area contributed by atoms with Gasteiger partial charge in [0.25, 0.3) is 0 Å². The summed E-state index contributed by atoms with van der Waals surface area (Å²) in [6.45, 7) is 11.2. The van der Waals surface area contributed by atoms with E-state index in [-0.39, 0.29) is 10.8 Å². The van der Waals surface area contributed by atoms with E-state index in [1.165, 1.54) is 12.8 Å². The standard InChI is InChI=1S/C16H26O/c1-11(2)7-6-8-12-13-9-10-16(5,14(12)17)15(13,3)4/h8,11,13H,6-7,9-10H2,1-5H3/b12-8-/t13-,16+/m1/s1. The van der Waals surface area contributed by atoms with E-state index in [4.69, 9.17) is 0 Å². The molecule has 96 valence electrons. The van der Waals surface area contributed by atoms with Crippen molar-refractivity contribution in [2.24, 2.45) is 22.7 Å². The normalized spacial score (nSPS) is 37.4. The van der Waals surface area contributed by atoms with E-state index in [9.17, 15) is 4.79 Å². The van der Waals surface area contributed by atoms with E-state index in [1.807, 2.05) is 0 Å². The van der Waals surface area contributed by atoms with Gasteiger partial charge in [-0.2, -0.15) is 0 Å². The average Bonchev–Trinajstić information content (AvgIpc) is 2.52. The van der Waals surface area contributed by atoms with Crippen LogP contribution in [0.1, 0.15) is 60.3 Å². The lowest BCUT2D eigenvalue weighted by molar-refractivity contribution is -0.125. The second kappa shape index (κ2) is 3.96. The molecule has 17 heavy (non-hydrogen) atoms. The van der Waals surface area contributed by atoms with Crippen molar-refractivity contribution >= 4 is 5.78 Å². The van der Waals surface area contributed by atoms with Crippen molar-refractivity contribution in [3.05, 3.63) is 11.6 Å². The van der Waals surface area contributed by atoms with Crippen LogP contribution >= 0.6 is 0 Å². The summed E-state index contributed by atoms with van der Waals surface area (Å²) in [4.78, 5) is 12.5. The van der Waals surface area contributed by atoms with Crippen molar-refractivity contribution in [1.29, 1.82) is 0 Å². The molecular weight excluding hydrogens is 208 g/mol. The van der Waals surface area contributed by atoms with Gasteiger partial charge in [-0.15, -0.1) is 0 Å². The zero-order valence-corrected chi connectivity index (χ0v) is 12.0. The molecule has 0 amide bonds. The lowest BCUT2D eigenvalue weighted by Gasteiger charge is -2.31. The highest BCUT2D eigenvalue weighted by molar-refractivity contribution is 6.04. The first-order chi connectivity index (χ1) is 7.80. The van der Waals surface area contributed by atoms with Crippen molar-refractivity contribution in [3.63, 3.8) is 0 Å². The van der Waals surface area contributed by atoms with Gasteiger partial charge in [0.2, 0.25) is 0 Å². The molecule has 0 N–H and O–H groups in total. The fourth-order valence-corrected chi connectivity index (χ4v) is 3.73. The fraction of sp³-hybridized carbons (Fsp3) is 0.812. The van der Waals surface area contributed by atoms with Crippen LogP contribution in [0.5, 0.6) is 0 Å². The maximum atomic E-state index is 12.5. The van der Waals surface area contributed by atoms with Gasteiger partial charge in [-0.05, 0) is 48.5 Å². The Hall–Kier alpha value is -0.590. The quantitative estimate of drug-likeness (QED) is 0.662. The van der Waals surface area contributed by atoms with Gasteiger partial charge in [-0.1, -0.05) is 40.7 Å². The van der Waals surface area contributed by atoms with Gasteiger partial charge in [-0.3, -0.25) is 4.79 Å². The number of Topliss-reactive ketones (excluding diaryl/α,β-unsaturated/α-hetero) is 1. The van der Waals surface area contributed by atoms with E-state index in [2.05, 4.69) is 40.7 Å². The van der Waals surface area contributed by atoms with E-state index >= 15 is 0 Å². The zero-order chi connectivity index (χ0) is 12.8. The van der Waals surface area contributed by atoms with Gasteiger partial charge >= 0.3 is 0 Å². The molecule has 2 fully saturated rings. The molecule has 0 radical (unpaired) electrons. The summed E-state index contributed by atoms with van der Waals surface area (Å²) in [7, 11) is 0. The predicted molar refractivity (Wildman–Crippen MR) is 71.8 cm³/mol. The van der Waals surface area contributed by atoms with Gasteiger partial charge < -0.3 is 0 Å². The number of carbonyl (C=O) groups is 1. The number of allylic oxidation sites excluding steroid dienone is 2. The Bertz CT molecular complexity index is 362. The van der Waals surface area contributed by atoms with Crippen molar-refractivity contribution in [2.45, 2.75) is 60.3 Å². The summed E-state index contributed by atoms with van der Waals surface area (Å²) in [6.07, 6.45) is 6.81. The Morgan fingerprint density at radius 3 is 2.47 bits per heavy atom. The molecule has 0 aromatic rings. The molecule has 0 unspecified atom stereocenters. The molecule has 0 aromatic heterocycles. The Kier molecular flexibility index (Phi) is 3.00. The Labute approximate surface area is 106 Å². The van der Waals surface area contributed by atoms with Crippen LogP contribution in [-0.2, 0) is 4.79 Å². The third-order valence-corrected chi connectivity index (χ3v) is 5.47. The number of ketones is 1. The second-order valence-electron chi connectivity index (χ2n) is 7.10. The minimum atomic E-state index is -0.0820. The number of carbonyl (C=O) groups excluding carboxylic acids is 1. The molecule has 2 aliphatic carbocycles. The van der Waals surface area contributed by atoms with Gasteiger partial charge in [-0.25, -0.2) is 0 Å². The summed E-state index contributed by atoms with van der Waals surface area (Å²) in [6, 6.07) is 0. The first-order valence-corrected chi connectivity index (χ1v) is 7.05. The maximum absolute atomic E-state index is 12.5. The number of hydrogen-bond acceptors (Lipinski definition) is 1. The summed E-state index contributed by atoms with van der Waals surface area (Å²) in [5.74, 6) is 1.69. The smallest absolute Gasteiger partial charge is 0.165 e. The monoisotopic (exact) mass is 234 g/mol. The third kappa shape index (κ3) is 1.70. The highest BCUT2D eigenvalue weighted by Gasteiger charge is 2.63. The van der Waals surface area contributed by atoms with Crippen LogP contribution in [0, 0.1) is 22.7 Å². The average molecular weight is 234 g/mol. The molecule has 0 aromatic carbocycles. The number of fused-ring (bicyclic) bond motifs is 2. The van der Waals surface area contributed by atoms with Crippen molar-refractivity contribution in [1.82, 2.24) is 0 Å².